The average Bonchev–Trinajstić information content (AvgIpc) is 3.63. The van der Waals surface area contributed by atoms with E-state index >= 15 is 0 Å². The Hall–Kier alpha value is -3.76. The van der Waals surface area contributed by atoms with Crippen LogP contribution in [0.3, 0.4) is 0 Å². The molecule has 4 aromatic rings. The highest BCUT2D eigenvalue weighted by molar-refractivity contribution is 5.80. The summed E-state index contributed by atoms with van der Waals surface area (Å²) in [4.78, 5) is 21.4. The van der Waals surface area contributed by atoms with Crippen molar-refractivity contribution in [3.8, 4) is 5.75 Å². The van der Waals surface area contributed by atoms with Crippen LogP contribution in [-0.2, 0) is 11.3 Å². The summed E-state index contributed by atoms with van der Waals surface area (Å²) in [5, 5.41) is 13.8. The first-order valence-corrected chi connectivity index (χ1v) is 13.6. The number of benzene rings is 2. The molecule has 0 aliphatic carbocycles. The SMILES string of the molecule is COc1ccc2cc(C(c3nnnn3CC3CCCO3)N3CCN(c4cc(C)ccc4C)CC3)c(=O)[nH]c2c1. The molecule has 39 heavy (non-hydrogen) atoms. The van der Waals surface area contributed by atoms with Gasteiger partial charge in [-0.25, -0.2) is 4.68 Å². The van der Waals surface area contributed by atoms with Gasteiger partial charge in [0.05, 0.1) is 25.3 Å². The van der Waals surface area contributed by atoms with Crippen molar-refractivity contribution in [2.45, 2.75) is 45.4 Å². The highest BCUT2D eigenvalue weighted by Gasteiger charge is 2.34. The fourth-order valence-corrected chi connectivity index (χ4v) is 5.83. The van der Waals surface area contributed by atoms with Gasteiger partial charge in [0.2, 0.25) is 0 Å². The van der Waals surface area contributed by atoms with Crippen LogP contribution in [0.4, 0.5) is 5.69 Å². The Balaban J connectivity index is 1.36. The minimum atomic E-state index is -0.391. The number of pyridine rings is 1. The molecule has 0 spiro atoms. The summed E-state index contributed by atoms with van der Waals surface area (Å²) in [7, 11) is 1.62. The lowest BCUT2D eigenvalue weighted by Gasteiger charge is -2.40. The van der Waals surface area contributed by atoms with Crippen molar-refractivity contribution < 1.29 is 9.47 Å². The summed E-state index contributed by atoms with van der Waals surface area (Å²) in [5.41, 5.74) is 5.02. The van der Waals surface area contributed by atoms with E-state index in [-0.39, 0.29) is 11.7 Å². The largest absolute Gasteiger partial charge is 0.497 e. The highest BCUT2D eigenvalue weighted by Crippen LogP contribution is 2.31. The zero-order valence-corrected chi connectivity index (χ0v) is 22.8. The minimum Gasteiger partial charge on any atom is -0.497 e. The fraction of sp³-hybridized carbons (Fsp3) is 0.448. The summed E-state index contributed by atoms with van der Waals surface area (Å²) in [6.07, 6.45) is 2.10. The number of piperazine rings is 1. The van der Waals surface area contributed by atoms with Crippen LogP contribution in [0.5, 0.6) is 5.75 Å². The fourth-order valence-electron chi connectivity index (χ4n) is 5.83. The predicted molar refractivity (Wildman–Crippen MR) is 149 cm³/mol. The molecule has 2 aromatic carbocycles. The molecule has 6 rings (SSSR count). The molecule has 0 radical (unpaired) electrons. The number of aromatic amines is 1. The maximum Gasteiger partial charge on any atom is 0.253 e. The van der Waals surface area contributed by atoms with Gasteiger partial charge < -0.3 is 19.4 Å². The van der Waals surface area contributed by atoms with Crippen molar-refractivity contribution in [1.29, 1.82) is 0 Å². The van der Waals surface area contributed by atoms with Crippen LogP contribution >= 0.6 is 0 Å². The number of aromatic nitrogens is 5. The molecule has 0 bridgehead atoms. The van der Waals surface area contributed by atoms with E-state index in [1.807, 2.05) is 28.9 Å². The molecule has 4 heterocycles. The van der Waals surface area contributed by atoms with Crippen molar-refractivity contribution in [1.82, 2.24) is 30.1 Å². The van der Waals surface area contributed by atoms with Gasteiger partial charge in [-0.15, -0.1) is 5.10 Å². The third-order valence-corrected chi connectivity index (χ3v) is 7.97. The lowest BCUT2D eigenvalue weighted by atomic mass is 10.0. The van der Waals surface area contributed by atoms with E-state index in [0.29, 0.717) is 23.7 Å². The number of aryl methyl sites for hydroxylation is 2. The molecule has 10 nitrogen and oxygen atoms in total. The first kappa shape index (κ1) is 25.5. The van der Waals surface area contributed by atoms with E-state index in [1.54, 1.807) is 7.11 Å². The standard InChI is InChI=1S/C29H35N7O3/c1-19-6-7-20(2)26(15-19)34-10-12-35(13-11-34)27(28-31-32-33-36(28)18-23-5-4-14-39-23)24-16-21-8-9-22(38-3)17-25(21)30-29(24)37/h6-9,15-17,23,27H,4-5,10-14,18H2,1-3H3,(H,30,37). The Morgan fingerprint density at radius 1 is 1.10 bits per heavy atom. The van der Waals surface area contributed by atoms with Crippen LogP contribution in [0.15, 0.2) is 47.3 Å². The van der Waals surface area contributed by atoms with E-state index in [2.05, 4.69) is 62.4 Å². The number of H-pyrrole nitrogens is 1. The minimum absolute atomic E-state index is 0.0800. The van der Waals surface area contributed by atoms with E-state index in [9.17, 15) is 4.79 Å². The topological polar surface area (TPSA) is 101 Å². The van der Waals surface area contributed by atoms with Gasteiger partial charge in [0.1, 0.15) is 11.8 Å². The van der Waals surface area contributed by atoms with E-state index in [0.717, 1.165) is 56.5 Å². The van der Waals surface area contributed by atoms with Crippen molar-refractivity contribution in [2.75, 3.05) is 44.8 Å². The lowest BCUT2D eigenvalue weighted by molar-refractivity contribution is 0.0906. The maximum atomic E-state index is 13.6. The van der Waals surface area contributed by atoms with Crippen molar-refractivity contribution in [3.63, 3.8) is 0 Å². The molecule has 2 saturated heterocycles. The lowest BCUT2D eigenvalue weighted by Crippen LogP contribution is -2.49. The number of ether oxygens (including phenoxy) is 2. The number of fused-ring (bicyclic) bond motifs is 1. The van der Waals surface area contributed by atoms with Gasteiger partial charge in [0.15, 0.2) is 5.82 Å². The molecule has 204 valence electrons. The summed E-state index contributed by atoms with van der Waals surface area (Å²) >= 11 is 0. The van der Waals surface area contributed by atoms with Gasteiger partial charge in [-0.3, -0.25) is 9.69 Å². The van der Waals surface area contributed by atoms with Crippen LogP contribution in [0.2, 0.25) is 0 Å². The van der Waals surface area contributed by atoms with Crippen molar-refractivity contribution in [3.05, 3.63) is 75.3 Å². The second-order valence-corrected chi connectivity index (χ2v) is 10.6. The highest BCUT2D eigenvalue weighted by atomic mass is 16.5. The Bertz CT molecular complexity index is 1520. The van der Waals surface area contributed by atoms with Crippen molar-refractivity contribution >= 4 is 16.6 Å². The molecule has 2 atom stereocenters. The molecule has 2 aliphatic rings. The predicted octanol–water partition coefficient (Wildman–Crippen LogP) is 3.23. The van der Waals surface area contributed by atoms with Gasteiger partial charge in [-0.05, 0) is 77.9 Å². The molecule has 10 heteroatoms. The van der Waals surface area contributed by atoms with Gasteiger partial charge in [0, 0.05) is 50.1 Å². The second kappa shape index (κ2) is 10.8. The molecule has 2 fully saturated rings. The monoisotopic (exact) mass is 529 g/mol. The van der Waals surface area contributed by atoms with Gasteiger partial charge >= 0.3 is 0 Å². The molecule has 0 saturated carbocycles. The molecule has 2 aromatic heterocycles. The Kier molecular flexibility index (Phi) is 7.05. The zero-order valence-electron chi connectivity index (χ0n) is 22.8. The third-order valence-electron chi connectivity index (χ3n) is 7.97. The molecule has 2 aliphatic heterocycles. The summed E-state index contributed by atoms with van der Waals surface area (Å²) < 4.78 is 13.1. The molecular formula is C29H35N7O3. The number of anilines is 1. The molecule has 1 N–H and O–H groups in total. The van der Waals surface area contributed by atoms with Gasteiger partial charge in [0.25, 0.3) is 5.56 Å². The maximum absolute atomic E-state index is 13.6. The summed E-state index contributed by atoms with van der Waals surface area (Å²) in [5.74, 6) is 1.37. The van der Waals surface area contributed by atoms with Crippen LogP contribution < -0.4 is 15.2 Å². The smallest absolute Gasteiger partial charge is 0.253 e. The number of hydrogen-bond donors (Lipinski definition) is 1. The Morgan fingerprint density at radius 2 is 1.95 bits per heavy atom. The first-order valence-electron chi connectivity index (χ1n) is 13.6. The first-order chi connectivity index (χ1) is 19.0. The number of nitrogens with zero attached hydrogens (tertiary/aromatic N) is 6. The third kappa shape index (κ3) is 5.14. The van der Waals surface area contributed by atoms with Crippen molar-refractivity contribution in [2.24, 2.45) is 0 Å². The number of methoxy groups -OCH3 is 1. The quantitative estimate of drug-likeness (QED) is 0.390. The van der Waals surface area contributed by atoms with E-state index in [4.69, 9.17) is 9.47 Å². The average molecular weight is 530 g/mol. The van der Waals surface area contributed by atoms with Crippen LogP contribution in [0.25, 0.3) is 10.9 Å². The number of tetrazole rings is 1. The normalized spacial score (nSPS) is 19.1. The Morgan fingerprint density at radius 3 is 2.72 bits per heavy atom. The number of rotatable bonds is 7. The Labute approximate surface area is 227 Å². The zero-order chi connectivity index (χ0) is 26.9. The van der Waals surface area contributed by atoms with Crippen LogP contribution in [-0.4, -0.2) is 76.1 Å². The van der Waals surface area contributed by atoms with Crippen LogP contribution in [0.1, 0.15) is 41.4 Å². The summed E-state index contributed by atoms with van der Waals surface area (Å²) in [6, 6.07) is 13.9. The molecular weight excluding hydrogens is 494 g/mol. The molecule has 0 amide bonds. The summed E-state index contributed by atoms with van der Waals surface area (Å²) in [6.45, 7) is 8.85. The van der Waals surface area contributed by atoms with E-state index < -0.39 is 6.04 Å². The van der Waals surface area contributed by atoms with E-state index in [1.165, 1.54) is 16.8 Å². The molecule has 2 unspecified atom stereocenters. The van der Waals surface area contributed by atoms with Crippen LogP contribution in [0, 0.1) is 13.8 Å². The second-order valence-electron chi connectivity index (χ2n) is 10.6. The number of hydrogen-bond acceptors (Lipinski definition) is 8. The number of nitrogens with one attached hydrogen (secondary N) is 1. The van der Waals surface area contributed by atoms with Gasteiger partial charge in [-0.1, -0.05) is 12.1 Å². The van der Waals surface area contributed by atoms with Gasteiger partial charge in [-0.2, -0.15) is 0 Å².